The first-order valence-electron chi connectivity index (χ1n) is 11.0. The zero-order valence-corrected chi connectivity index (χ0v) is 19.6. The quantitative estimate of drug-likeness (QED) is 0.359. The molecule has 34 heavy (non-hydrogen) atoms. The molecule has 1 unspecified atom stereocenters. The molecule has 0 radical (unpaired) electrons. The molecule has 1 aliphatic rings. The van der Waals surface area contributed by atoms with Gasteiger partial charge in [-0.1, -0.05) is 77.5 Å². The summed E-state index contributed by atoms with van der Waals surface area (Å²) >= 11 is 5.76. The average molecular weight is 471 g/mol. The average Bonchev–Trinajstić information content (AvgIpc) is 3.33. The number of allylic oxidation sites excluding steroid dienone is 1. The standard InChI is InChI=1S/C27H23FN4OS/c1-17-8-10-19(11-9-17)16-32-18(2)23(24(29-27(32)34)20-12-14-22(28)15-13-20)26-30-25(31-33-26)21-6-4-3-5-7-21/h3-15,24H,16H2,1-2H3,(H,29,34). The van der Waals surface area contributed by atoms with Crippen LogP contribution in [0.15, 0.2) is 89.1 Å². The van der Waals surface area contributed by atoms with Crippen LogP contribution >= 0.6 is 12.2 Å². The lowest BCUT2D eigenvalue weighted by atomic mass is 9.94. The van der Waals surface area contributed by atoms with Crippen LogP contribution in [0.3, 0.4) is 0 Å². The lowest BCUT2D eigenvalue weighted by Crippen LogP contribution is -2.45. The van der Waals surface area contributed by atoms with E-state index in [4.69, 9.17) is 21.7 Å². The summed E-state index contributed by atoms with van der Waals surface area (Å²) in [7, 11) is 0. The van der Waals surface area contributed by atoms with E-state index >= 15 is 0 Å². The van der Waals surface area contributed by atoms with Crippen LogP contribution in [0.25, 0.3) is 17.0 Å². The maximum Gasteiger partial charge on any atom is 0.258 e. The van der Waals surface area contributed by atoms with Crippen molar-refractivity contribution >= 4 is 22.9 Å². The van der Waals surface area contributed by atoms with Gasteiger partial charge in [-0.15, -0.1) is 0 Å². The molecule has 0 amide bonds. The Balaban J connectivity index is 1.59. The lowest BCUT2D eigenvalue weighted by molar-refractivity contribution is 0.396. The largest absolute Gasteiger partial charge is 0.351 e. The first-order chi connectivity index (χ1) is 16.5. The van der Waals surface area contributed by atoms with E-state index in [1.807, 2.05) is 42.2 Å². The predicted molar refractivity (Wildman–Crippen MR) is 134 cm³/mol. The van der Waals surface area contributed by atoms with Crippen molar-refractivity contribution in [3.63, 3.8) is 0 Å². The molecule has 170 valence electrons. The van der Waals surface area contributed by atoms with Crippen LogP contribution < -0.4 is 5.32 Å². The molecular weight excluding hydrogens is 447 g/mol. The number of hydrogen-bond acceptors (Lipinski definition) is 4. The first-order valence-corrected chi connectivity index (χ1v) is 11.4. The van der Waals surface area contributed by atoms with E-state index in [-0.39, 0.29) is 11.9 Å². The Hall–Kier alpha value is -3.84. The number of benzene rings is 3. The summed E-state index contributed by atoms with van der Waals surface area (Å²) in [6, 6.07) is 24.0. The highest BCUT2D eigenvalue weighted by Crippen LogP contribution is 2.38. The van der Waals surface area contributed by atoms with Crippen molar-refractivity contribution in [3.05, 3.63) is 113 Å². The van der Waals surface area contributed by atoms with E-state index in [0.29, 0.717) is 23.4 Å². The first kappa shape index (κ1) is 22.0. The summed E-state index contributed by atoms with van der Waals surface area (Å²) in [5.74, 6) is 0.608. The van der Waals surface area contributed by atoms with Crippen molar-refractivity contribution in [2.24, 2.45) is 0 Å². The Kier molecular flexibility index (Phi) is 5.94. The summed E-state index contributed by atoms with van der Waals surface area (Å²) in [5, 5.41) is 8.21. The van der Waals surface area contributed by atoms with E-state index in [2.05, 4.69) is 41.7 Å². The van der Waals surface area contributed by atoms with Gasteiger partial charge in [0.2, 0.25) is 5.82 Å². The van der Waals surface area contributed by atoms with Crippen molar-refractivity contribution in [1.29, 1.82) is 0 Å². The number of halogens is 1. The van der Waals surface area contributed by atoms with Gasteiger partial charge in [0.05, 0.1) is 11.6 Å². The second-order valence-corrected chi connectivity index (χ2v) is 8.68. The van der Waals surface area contributed by atoms with Gasteiger partial charge in [-0.25, -0.2) is 4.39 Å². The number of thiocarbonyl (C=S) groups is 1. The molecule has 2 heterocycles. The minimum absolute atomic E-state index is 0.297. The Labute approximate surface area is 202 Å². The molecular formula is C27H23FN4OS. The van der Waals surface area contributed by atoms with Gasteiger partial charge in [0.1, 0.15) is 5.82 Å². The van der Waals surface area contributed by atoms with Crippen molar-refractivity contribution in [2.45, 2.75) is 26.4 Å². The van der Waals surface area contributed by atoms with Crippen LogP contribution in [0.2, 0.25) is 0 Å². The maximum absolute atomic E-state index is 13.6. The van der Waals surface area contributed by atoms with Gasteiger partial charge in [0.25, 0.3) is 5.89 Å². The third-order valence-electron chi connectivity index (χ3n) is 5.95. The lowest BCUT2D eigenvalue weighted by Gasteiger charge is -2.37. The van der Waals surface area contributed by atoms with E-state index in [1.54, 1.807) is 12.1 Å². The number of aryl methyl sites for hydroxylation is 1. The number of nitrogens with zero attached hydrogens (tertiary/aromatic N) is 3. The van der Waals surface area contributed by atoms with Crippen LogP contribution in [-0.2, 0) is 6.54 Å². The van der Waals surface area contributed by atoms with Crippen molar-refractivity contribution in [3.8, 4) is 11.4 Å². The summed E-state index contributed by atoms with van der Waals surface area (Å²) < 4.78 is 19.4. The summed E-state index contributed by atoms with van der Waals surface area (Å²) in [6.07, 6.45) is 0. The minimum atomic E-state index is -0.355. The summed E-state index contributed by atoms with van der Waals surface area (Å²) in [6.45, 7) is 4.66. The Morgan fingerprint density at radius 3 is 2.38 bits per heavy atom. The predicted octanol–water partition coefficient (Wildman–Crippen LogP) is 6.05. The molecule has 0 bridgehead atoms. The molecule has 1 aromatic heterocycles. The Morgan fingerprint density at radius 2 is 1.68 bits per heavy atom. The van der Waals surface area contributed by atoms with Crippen LogP contribution in [-0.4, -0.2) is 20.2 Å². The zero-order chi connectivity index (χ0) is 23.7. The number of aromatic nitrogens is 2. The van der Waals surface area contributed by atoms with Gasteiger partial charge in [0, 0.05) is 17.8 Å². The van der Waals surface area contributed by atoms with Gasteiger partial charge < -0.3 is 14.7 Å². The molecule has 0 saturated heterocycles. The van der Waals surface area contributed by atoms with E-state index in [0.717, 1.165) is 28.0 Å². The van der Waals surface area contributed by atoms with Gasteiger partial charge in [0.15, 0.2) is 5.11 Å². The highest BCUT2D eigenvalue weighted by Gasteiger charge is 2.34. The van der Waals surface area contributed by atoms with Crippen LogP contribution in [0, 0.1) is 12.7 Å². The second kappa shape index (κ2) is 9.19. The van der Waals surface area contributed by atoms with Gasteiger partial charge in [-0.3, -0.25) is 0 Å². The maximum atomic E-state index is 13.6. The van der Waals surface area contributed by atoms with Crippen LogP contribution in [0.5, 0.6) is 0 Å². The fourth-order valence-electron chi connectivity index (χ4n) is 4.07. The molecule has 3 aromatic carbocycles. The van der Waals surface area contributed by atoms with Crippen molar-refractivity contribution in [1.82, 2.24) is 20.4 Å². The van der Waals surface area contributed by atoms with E-state index < -0.39 is 0 Å². The van der Waals surface area contributed by atoms with Crippen LogP contribution in [0.4, 0.5) is 4.39 Å². The Bertz CT molecular complexity index is 1350. The molecule has 1 aliphatic heterocycles. The molecule has 5 nitrogen and oxygen atoms in total. The fourth-order valence-corrected chi connectivity index (χ4v) is 4.39. The normalized spacial score (nSPS) is 16.0. The molecule has 5 rings (SSSR count). The molecule has 7 heteroatoms. The van der Waals surface area contributed by atoms with Crippen LogP contribution in [0.1, 0.15) is 35.5 Å². The highest BCUT2D eigenvalue weighted by atomic mass is 32.1. The van der Waals surface area contributed by atoms with Gasteiger partial charge in [-0.05, 0) is 49.3 Å². The smallest absolute Gasteiger partial charge is 0.258 e. The zero-order valence-electron chi connectivity index (χ0n) is 18.8. The van der Waals surface area contributed by atoms with Crippen molar-refractivity contribution in [2.75, 3.05) is 0 Å². The molecule has 0 aliphatic carbocycles. The molecule has 4 aromatic rings. The van der Waals surface area contributed by atoms with Gasteiger partial charge >= 0.3 is 0 Å². The highest BCUT2D eigenvalue weighted by molar-refractivity contribution is 7.80. The van der Waals surface area contributed by atoms with E-state index in [9.17, 15) is 4.39 Å². The molecule has 0 fully saturated rings. The van der Waals surface area contributed by atoms with E-state index in [1.165, 1.54) is 17.7 Å². The summed E-state index contributed by atoms with van der Waals surface area (Å²) in [4.78, 5) is 6.74. The molecule has 0 saturated carbocycles. The SMILES string of the molecule is CC1=C(c2nc(-c3ccccc3)no2)C(c2ccc(F)cc2)NC(=S)N1Cc1ccc(C)cc1. The third kappa shape index (κ3) is 4.34. The topological polar surface area (TPSA) is 54.2 Å². The molecule has 1 N–H and O–H groups in total. The minimum Gasteiger partial charge on any atom is -0.351 e. The van der Waals surface area contributed by atoms with Crippen molar-refractivity contribution < 1.29 is 8.91 Å². The Morgan fingerprint density at radius 1 is 0.971 bits per heavy atom. The number of hydrogen-bond donors (Lipinski definition) is 1. The fraction of sp³-hybridized carbons (Fsp3) is 0.148. The number of rotatable bonds is 5. The molecule has 0 spiro atoms. The number of nitrogens with one attached hydrogen (secondary N) is 1. The van der Waals surface area contributed by atoms with Gasteiger partial charge in [-0.2, -0.15) is 4.98 Å². The monoisotopic (exact) mass is 470 g/mol. The third-order valence-corrected chi connectivity index (χ3v) is 6.29. The molecule has 1 atom stereocenters. The second-order valence-electron chi connectivity index (χ2n) is 8.29. The summed E-state index contributed by atoms with van der Waals surface area (Å²) in [5.41, 5.74) is 5.76.